The van der Waals surface area contributed by atoms with Gasteiger partial charge < -0.3 is 9.47 Å². The van der Waals surface area contributed by atoms with Crippen molar-refractivity contribution in [2.75, 3.05) is 19.8 Å². The lowest BCUT2D eigenvalue weighted by molar-refractivity contribution is 0.0884. The zero-order valence-electron chi connectivity index (χ0n) is 8.85. The number of ether oxygens (including phenoxy) is 2. The zero-order valence-corrected chi connectivity index (χ0v) is 8.85. The number of para-hydroxylation sites is 1. The third-order valence-corrected chi connectivity index (χ3v) is 1.83. The number of nitrogens with zero attached hydrogens (tertiary/aromatic N) is 1. The molecule has 0 saturated carbocycles. The van der Waals surface area contributed by atoms with Gasteiger partial charge in [0.2, 0.25) is 0 Å². The Morgan fingerprint density at radius 2 is 2.00 bits per heavy atom. The van der Waals surface area contributed by atoms with Gasteiger partial charge in [-0.25, -0.2) is 0 Å². The van der Waals surface area contributed by atoms with Gasteiger partial charge in [-0.2, -0.15) is 5.26 Å². The van der Waals surface area contributed by atoms with Crippen molar-refractivity contribution in [3.8, 4) is 11.8 Å². The third kappa shape index (κ3) is 5.04. The molecule has 0 N–H and O–H groups in total. The van der Waals surface area contributed by atoms with E-state index in [1.165, 1.54) is 0 Å². The predicted molar refractivity (Wildman–Crippen MR) is 57.5 cm³/mol. The van der Waals surface area contributed by atoms with Crippen LogP contribution in [0.3, 0.4) is 0 Å². The lowest BCUT2D eigenvalue weighted by Gasteiger charge is -2.07. The van der Waals surface area contributed by atoms with Gasteiger partial charge in [-0.05, 0) is 19.1 Å². The van der Waals surface area contributed by atoms with Crippen molar-refractivity contribution in [1.29, 1.82) is 5.26 Å². The topological polar surface area (TPSA) is 42.2 Å². The molecule has 1 atom stereocenters. The van der Waals surface area contributed by atoms with Crippen molar-refractivity contribution < 1.29 is 9.47 Å². The van der Waals surface area contributed by atoms with Crippen LogP contribution >= 0.6 is 0 Å². The molecule has 0 aliphatic carbocycles. The molecule has 1 rings (SSSR count). The summed E-state index contributed by atoms with van der Waals surface area (Å²) < 4.78 is 10.7. The summed E-state index contributed by atoms with van der Waals surface area (Å²) in [5.74, 6) is 0.788. The van der Waals surface area contributed by atoms with Gasteiger partial charge in [0.05, 0.1) is 25.2 Å². The first-order chi connectivity index (χ1) is 7.33. The highest BCUT2D eigenvalue weighted by atomic mass is 16.5. The Kier molecular flexibility index (Phi) is 5.28. The second-order valence-electron chi connectivity index (χ2n) is 3.27. The van der Waals surface area contributed by atoms with Crippen molar-refractivity contribution in [3.05, 3.63) is 30.3 Å². The lowest BCUT2D eigenvalue weighted by Crippen LogP contribution is -2.10. The van der Waals surface area contributed by atoms with E-state index in [-0.39, 0.29) is 5.92 Å². The molecule has 0 fully saturated rings. The van der Waals surface area contributed by atoms with E-state index in [9.17, 15) is 0 Å². The van der Waals surface area contributed by atoms with Gasteiger partial charge in [-0.15, -0.1) is 0 Å². The van der Waals surface area contributed by atoms with Gasteiger partial charge in [-0.3, -0.25) is 0 Å². The molecule has 3 heteroatoms. The van der Waals surface area contributed by atoms with Crippen molar-refractivity contribution in [1.82, 2.24) is 0 Å². The van der Waals surface area contributed by atoms with Gasteiger partial charge in [0.25, 0.3) is 0 Å². The molecule has 3 nitrogen and oxygen atoms in total. The molecule has 0 saturated heterocycles. The summed E-state index contributed by atoms with van der Waals surface area (Å²) in [5, 5.41) is 8.51. The maximum Gasteiger partial charge on any atom is 0.119 e. The van der Waals surface area contributed by atoms with Crippen LogP contribution in [-0.4, -0.2) is 19.8 Å². The first kappa shape index (κ1) is 11.5. The average Bonchev–Trinajstić information content (AvgIpc) is 2.29. The van der Waals surface area contributed by atoms with Crippen LogP contribution in [0.5, 0.6) is 5.75 Å². The van der Waals surface area contributed by atoms with Gasteiger partial charge >= 0.3 is 0 Å². The third-order valence-electron chi connectivity index (χ3n) is 1.83. The van der Waals surface area contributed by atoms with E-state index in [0.717, 1.165) is 5.75 Å². The summed E-state index contributed by atoms with van der Waals surface area (Å²) >= 11 is 0. The molecular weight excluding hydrogens is 190 g/mol. The molecule has 0 radical (unpaired) electrons. The number of hydrogen-bond acceptors (Lipinski definition) is 3. The minimum Gasteiger partial charge on any atom is -0.491 e. The Bertz CT molecular complexity index is 305. The molecule has 0 bridgehead atoms. The first-order valence-electron chi connectivity index (χ1n) is 4.98. The summed E-state index contributed by atoms with van der Waals surface area (Å²) in [6, 6.07) is 11.7. The van der Waals surface area contributed by atoms with Gasteiger partial charge in [0.1, 0.15) is 12.4 Å². The molecule has 0 heterocycles. The maximum absolute atomic E-state index is 8.51. The monoisotopic (exact) mass is 205 g/mol. The van der Waals surface area contributed by atoms with Crippen molar-refractivity contribution in [2.45, 2.75) is 6.92 Å². The van der Waals surface area contributed by atoms with Crippen LogP contribution in [0.25, 0.3) is 0 Å². The molecule has 0 spiro atoms. The van der Waals surface area contributed by atoms with Crippen molar-refractivity contribution >= 4 is 0 Å². The Morgan fingerprint density at radius 3 is 2.67 bits per heavy atom. The average molecular weight is 205 g/mol. The highest BCUT2D eigenvalue weighted by molar-refractivity contribution is 5.20. The highest BCUT2D eigenvalue weighted by Gasteiger charge is 1.98. The van der Waals surface area contributed by atoms with E-state index < -0.39 is 0 Å². The van der Waals surface area contributed by atoms with Gasteiger partial charge in [0.15, 0.2) is 0 Å². The molecular formula is C12H15NO2. The Morgan fingerprint density at radius 1 is 1.27 bits per heavy atom. The normalized spacial score (nSPS) is 11.7. The molecule has 0 aromatic heterocycles. The van der Waals surface area contributed by atoms with Crippen LogP contribution in [0.2, 0.25) is 0 Å². The van der Waals surface area contributed by atoms with Crippen LogP contribution in [0.15, 0.2) is 30.3 Å². The number of nitriles is 1. The number of rotatable bonds is 6. The van der Waals surface area contributed by atoms with Crippen molar-refractivity contribution in [2.24, 2.45) is 5.92 Å². The molecule has 0 amide bonds. The molecule has 80 valence electrons. The SMILES string of the molecule is CC(C#N)COCCOc1ccccc1. The minimum atomic E-state index is -0.0540. The highest BCUT2D eigenvalue weighted by Crippen LogP contribution is 2.07. The fraction of sp³-hybridized carbons (Fsp3) is 0.417. The Hall–Kier alpha value is -1.53. The largest absolute Gasteiger partial charge is 0.491 e. The standard InChI is InChI=1S/C12H15NO2/c1-11(9-13)10-14-7-8-15-12-5-3-2-4-6-12/h2-6,11H,7-8,10H2,1H3. The van der Waals surface area contributed by atoms with Crippen LogP contribution in [-0.2, 0) is 4.74 Å². The van der Waals surface area contributed by atoms with E-state index in [1.54, 1.807) is 0 Å². The van der Waals surface area contributed by atoms with Crippen LogP contribution in [0, 0.1) is 17.2 Å². The number of hydrogen-bond donors (Lipinski definition) is 0. The number of benzene rings is 1. The van der Waals surface area contributed by atoms with E-state index >= 15 is 0 Å². The smallest absolute Gasteiger partial charge is 0.119 e. The predicted octanol–water partition coefficient (Wildman–Crippen LogP) is 2.24. The quantitative estimate of drug-likeness (QED) is 0.669. The maximum atomic E-state index is 8.51. The Labute approximate surface area is 90.2 Å². The van der Waals surface area contributed by atoms with E-state index in [4.69, 9.17) is 14.7 Å². The molecule has 1 unspecified atom stereocenters. The molecule has 1 aromatic carbocycles. The lowest BCUT2D eigenvalue weighted by atomic mass is 10.2. The van der Waals surface area contributed by atoms with Gasteiger partial charge in [0, 0.05) is 0 Å². The summed E-state index contributed by atoms with van der Waals surface area (Å²) in [4.78, 5) is 0. The fourth-order valence-corrected chi connectivity index (χ4v) is 1.03. The van der Waals surface area contributed by atoms with E-state index in [2.05, 4.69) is 6.07 Å². The summed E-state index contributed by atoms with van der Waals surface area (Å²) in [7, 11) is 0. The minimum absolute atomic E-state index is 0.0540. The molecule has 1 aromatic rings. The molecule has 0 aliphatic rings. The summed E-state index contributed by atoms with van der Waals surface area (Å²) in [6.45, 7) is 3.33. The Balaban J connectivity index is 2.06. The van der Waals surface area contributed by atoms with Crippen LogP contribution in [0.4, 0.5) is 0 Å². The van der Waals surface area contributed by atoms with Crippen molar-refractivity contribution in [3.63, 3.8) is 0 Å². The zero-order chi connectivity index (χ0) is 10.9. The van der Waals surface area contributed by atoms with Gasteiger partial charge in [-0.1, -0.05) is 18.2 Å². The fourth-order valence-electron chi connectivity index (χ4n) is 1.03. The first-order valence-corrected chi connectivity index (χ1v) is 4.98. The van der Waals surface area contributed by atoms with E-state index in [0.29, 0.717) is 19.8 Å². The summed E-state index contributed by atoms with van der Waals surface area (Å²) in [5.41, 5.74) is 0. The summed E-state index contributed by atoms with van der Waals surface area (Å²) in [6.07, 6.45) is 0. The second-order valence-corrected chi connectivity index (χ2v) is 3.27. The molecule has 0 aliphatic heterocycles. The van der Waals surface area contributed by atoms with Crippen LogP contribution in [0.1, 0.15) is 6.92 Å². The molecule has 15 heavy (non-hydrogen) atoms. The second kappa shape index (κ2) is 6.86. The van der Waals surface area contributed by atoms with E-state index in [1.807, 2.05) is 37.3 Å². The van der Waals surface area contributed by atoms with Crippen LogP contribution < -0.4 is 4.74 Å².